The first-order valence-corrected chi connectivity index (χ1v) is 5.33. The van der Waals surface area contributed by atoms with Crippen LogP contribution in [0.25, 0.3) is 0 Å². The van der Waals surface area contributed by atoms with Gasteiger partial charge in [-0.25, -0.2) is 0 Å². The van der Waals surface area contributed by atoms with Crippen LogP contribution < -0.4 is 10.6 Å². The second-order valence-corrected chi connectivity index (χ2v) is 3.95. The number of nitrogens with zero attached hydrogens (tertiary/aromatic N) is 1. The topological polar surface area (TPSA) is 44.4 Å². The summed E-state index contributed by atoms with van der Waals surface area (Å²) in [4.78, 5) is 13.8. The normalized spacial score (nSPS) is 24.2. The molecule has 0 spiro atoms. The van der Waals surface area contributed by atoms with Gasteiger partial charge in [-0.1, -0.05) is 5.92 Å². The number of rotatable bonds is 3. The first-order chi connectivity index (χ1) is 7.15. The van der Waals surface area contributed by atoms with E-state index in [4.69, 9.17) is 6.42 Å². The molecule has 2 unspecified atom stereocenters. The number of hydrogen-bond acceptors (Lipinski definition) is 3. The van der Waals surface area contributed by atoms with Crippen molar-refractivity contribution in [2.75, 3.05) is 26.2 Å². The van der Waals surface area contributed by atoms with Gasteiger partial charge in [-0.2, -0.15) is 0 Å². The minimum atomic E-state index is -0.0945. The highest BCUT2D eigenvalue weighted by molar-refractivity contribution is 5.81. The highest BCUT2D eigenvalue weighted by atomic mass is 16.2. The zero-order chi connectivity index (χ0) is 11.3. The molecular weight excluding hydrogens is 190 g/mol. The number of hydrogen-bond donors (Lipinski definition) is 2. The summed E-state index contributed by atoms with van der Waals surface area (Å²) < 4.78 is 0. The number of carbonyl (C=O) groups excluding carboxylic acids is 1. The van der Waals surface area contributed by atoms with Gasteiger partial charge in [0.2, 0.25) is 5.91 Å². The predicted octanol–water partition coefficient (Wildman–Crippen LogP) is -0.582. The first kappa shape index (κ1) is 12.0. The van der Waals surface area contributed by atoms with Crippen molar-refractivity contribution < 1.29 is 4.79 Å². The fourth-order valence-corrected chi connectivity index (χ4v) is 1.77. The van der Waals surface area contributed by atoms with E-state index in [1.807, 2.05) is 6.92 Å². The molecule has 0 aromatic rings. The second kappa shape index (κ2) is 5.74. The van der Waals surface area contributed by atoms with E-state index in [1.165, 1.54) is 0 Å². The Morgan fingerprint density at radius 3 is 3.13 bits per heavy atom. The molecule has 4 nitrogen and oxygen atoms in total. The number of amides is 1. The molecule has 84 valence electrons. The fourth-order valence-electron chi connectivity index (χ4n) is 1.77. The average Bonchev–Trinajstić information content (AvgIpc) is 2.24. The van der Waals surface area contributed by atoms with E-state index >= 15 is 0 Å². The van der Waals surface area contributed by atoms with Crippen LogP contribution in [0.2, 0.25) is 0 Å². The third-order valence-electron chi connectivity index (χ3n) is 2.69. The van der Waals surface area contributed by atoms with Crippen LogP contribution in [0.1, 0.15) is 13.8 Å². The summed E-state index contributed by atoms with van der Waals surface area (Å²) in [6.45, 7) is 7.11. The summed E-state index contributed by atoms with van der Waals surface area (Å²) in [6.07, 6.45) is 5.09. The molecule has 0 saturated carbocycles. The number of terminal acetylenes is 1. The monoisotopic (exact) mass is 209 g/mol. The van der Waals surface area contributed by atoms with E-state index < -0.39 is 0 Å². The van der Waals surface area contributed by atoms with Gasteiger partial charge in [-0.05, 0) is 13.8 Å². The van der Waals surface area contributed by atoms with Crippen LogP contribution in [0.15, 0.2) is 0 Å². The third kappa shape index (κ3) is 3.54. The Morgan fingerprint density at radius 2 is 2.53 bits per heavy atom. The first-order valence-electron chi connectivity index (χ1n) is 5.33. The molecule has 0 aromatic heterocycles. The van der Waals surface area contributed by atoms with Crippen molar-refractivity contribution in [2.24, 2.45) is 0 Å². The van der Waals surface area contributed by atoms with Crippen molar-refractivity contribution in [3.05, 3.63) is 0 Å². The van der Waals surface area contributed by atoms with Gasteiger partial charge in [0.15, 0.2) is 0 Å². The van der Waals surface area contributed by atoms with Crippen LogP contribution in [0.3, 0.4) is 0 Å². The van der Waals surface area contributed by atoms with Crippen molar-refractivity contribution in [3.8, 4) is 12.3 Å². The van der Waals surface area contributed by atoms with Gasteiger partial charge in [-0.3, -0.25) is 9.69 Å². The lowest BCUT2D eigenvalue weighted by Crippen LogP contribution is -2.55. The van der Waals surface area contributed by atoms with Crippen molar-refractivity contribution in [3.63, 3.8) is 0 Å². The quantitative estimate of drug-likeness (QED) is 0.611. The summed E-state index contributed by atoms with van der Waals surface area (Å²) in [7, 11) is 0. The highest BCUT2D eigenvalue weighted by Crippen LogP contribution is 2.04. The lowest BCUT2D eigenvalue weighted by Gasteiger charge is -2.35. The van der Waals surface area contributed by atoms with Crippen LogP contribution in [-0.4, -0.2) is 49.1 Å². The SMILES string of the molecule is C#CCNC(=O)C(C)N1CCNC(C)C1. The Labute approximate surface area is 91.4 Å². The Morgan fingerprint density at radius 1 is 1.80 bits per heavy atom. The Balaban J connectivity index is 2.41. The molecule has 1 saturated heterocycles. The molecule has 4 heteroatoms. The molecule has 0 radical (unpaired) electrons. The molecule has 1 aliphatic rings. The molecule has 2 N–H and O–H groups in total. The van der Waals surface area contributed by atoms with Crippen molar-refractivity contribution >= 4 is 5.91 Å². The predicted molar refractivity (Wildman–Crippen MR) is 60.3 cm³/mol. The van der Waals surface area contributed by atoms with E-state index in [0.29, 0.717) is 12.6 Å². The third-order valence-corrected chi connectivity index (χ3v) is 2.69. The van der Waals surface area contributed by atoms with E-state index in [9.17, 15) is 4.79 Å². The molecule has 1 heterocycles. The summed E-state index contributed by atoms with van der Waals surface area (Å²) in [5.74, 6) is 2.42. The molecule has 0 bridgehead atoms. The standard InChI is InChI=1S/C11H19N3O/c1-4-5-13-11(15)10(3)14-7-6-12-9(2)8-14/h1,9-10,12H,5-8H2,2-3H3,(H,13,15). The van der Waals surface area contributed by atoms with Gasteiger partial charge in [-0.15, -0.1) is 6.42 Å². The maximum absolute atomic E-state index is 11.6. The number of piperazine rings is 1. The van der Waals surface area contributed by atoms with E-state index in [1.54, 1.807) is 0 Å². The summed E-state index contributed by atoms with van der Waals surface area (Å²) in [6, 6.07) is 0.351. The van der Waals surface area contributed by atoms with Gasteiger partial charge < -0.3 is 10.6 Å². The van der Waals surface area contributed by atoms with Gasteiger partial charge in [0.1, 0.15) is 0 Å². The van der Waals surface area contributed by atoms with Crippen LogP contribution in [0, 0.1) is 12.3 Å². The van der Waals surface area contributed by atoms with E-state index in [2.05, 4.69) is 28.4 Å². The summed E-state index contributed by atoms with van der Waals surface area (Å²) in [5.41, 5.74) is 0. The van der Waals surface area contributed by atoms with E-state index in [-0.39, 0.29) is 11.9 Å². The van der Waals surface area contributed by atoms with Gasteiger partial charge >= 0.3 is 0 Å². The minimum Gasteiger partial charge on any atom is -0.344 e. The Hall–Kier alpha value is -1.05. The highest BCUT2D eigenvalue weighted by Gasteiger charge is 2.24. The minimum absolute atomic E-state index is 0.0158. The van der Waals surface area contributed by atoms with Crippen LogP contribution in [-0.2, 0) is 4.79 Å². The molecule has 15 heavy (non-hydrogen) atoms. The second-order valence-electron chi connectivity index (χ2n) is 3.95. The van der Waals surface area contributed by atoms with Crippen LogP contribution >= 0.6 is 0 Å². The molecule has 0 aliphatic carbocycles. The molecule has 1 aliphatic heterocycles. The lowest BCUT2D eigenvalue weighted by atomic mass is 10.1. The zero-order valence-corrected chi connectivity index (χ0v) is 9.42. The van der Waals surface area contributed by atoms with Crippen molar-refractivity contribution in [2.45, 2.75) is 25.9 Å². The zero-order valence-electron chi connectivity index (χ0n) is 9.42. The lowest BCUT2D eigenvalue weighted by molar-refractivity contribution is -0.126. The largest absolute Gasteiger partial charge is 0.344 e. The molecule has 2 atom stereocenters. The Kier molecular flexibility index (Phi) is 4.60. The number of nitrogens with one attached hydrogen (secondary N) is 2. The average molecular weight is 209 g/mol. The maximum atomic E-state index is 11.6. The van der Waals surface area contributed by atoms with Gasteiger partial charge in [0.05, 0.1) is 12.6 Å². The summed E-state index contributed by atoms with van der Waals surface area (Å²) in [5, 5.41) is 6.05. The van der Waals surface area contributed by atoms with Crippen molar-refractivity contribution in [1.29, 1.82) is 0 Å². The fraction of sp³-hybridized carbons (Fsp3) is 0.727. The maximum Gasteiger partial charge on any atom is 0.237 e. The Bertz CT molecular complexity index is 259. The van der Waals surface area contributed by atoms with Gasteiger partial charge in [0.25, 0.3) is 0 Å². The summed E-state index contributed by atoms with van der Waals surface area (Å²) >= 11 is 0. The van der Waals surface area contributed by atoms with Crippen molar-refractivity contribution in [1.82, 2.24) is 15.5 Å². The smallest absolute Gasteiger partial charge is 0.237 e. The molecular formula is C11H19N3O. The van der Waals surface area contributed by atoms with Crippen LogP contribution in [0.5, 0.6) is 0 Å². The molecule has 1 amide bonds. The molecule has 1 rings (SSSR count). The van der Waals surface area contributed by atoms with E-state index in [0.717, 1.165) is 19.6 Å². The number of carbonyl (C=O) groups is 1. The molecule has 1 fully saturated rings. The van der Waals surface area contributed by atoms with Gasteiger partial charge in [0, 0.05) is 25.7 Å². The van der Waals surface area contributed by atoms with Crippen LogP contribution in [0.4, 0.5) is 0 Å². The molecule has 0 aromatic carbocycles.